The topological polar surface area (TPSA) is 103 Å². The number of thioether (sulfide) groups is 1. The van der Waals surface area contributed by atoms with E-state index in [-0.39, 0.29) is 17.3 Å². The minimum absolute atomic E-state index is 0.139. The summed E-state index contributed by atoms with van der Waals surface area (Å²) < 4.78 is 1.79. The Morgan fingerprint density at radius 2 is 1.89 bits per heavy atom. The highest BCUT2D eigenvalue weighted by Crippen LogP contribution is 2.36. The van der Waals surface area contributed by atoms with E-state index in [1.807, 2.05) is 44.3 Å². The van der Waals surface area contributed by atoms with E-state index in [2.05, 4.69) is 15.5 Å². The molecule has 0 aliphatic rings. The van der Waals surface area contributed by atoms with Crippen LogP contribution in [0.25, 0.3) is 0 Å². The predicted molar refractivity (Wildman–Crippen MR) is 107 cm³/mol. The molecular weight excluding hydrogens is 378 g/mol. The normalized spacial score (nSPS) is 11.8. The van der Waals surface area contributed by atoms with Gasteiger partial charge in [-0.2, -0.15) is 0 Å². The van der Waals surface area contributed by atoms with Gasteiger partial charge in [0.1, 0.15) is 16.8 Å². The summed E-state index contributed by atoms with van der Waals surface area (Å²) in [5.74, 6) is 0.354. The molecule has 1 aromatic heterocycles. The second-order valence-electron chi connectivity index (χ2n) is 6.26. The third-order valence-corrected chi connectivity index (χ3v) is 5.51. The fourth-order valence-corrected chi connectivity index (χ4v) is 3.64. The van der Waals surface area contributed by atoms with Gasteiger partial charge in [0, 0.05) is 13.1 Å². The summed E-state index contributed by atoms with van der Waals surface area (Å²) in [6, 6.07) is 13.9. The molecule has 0 saturated heterocycles. The van der Waals surface area contributed by atoms with Gasteiger partial charge in [0.05, 0.1) is 4.92 Å². The van der Waals surface area contributed by atoms with Gasteiger partial charge in [0.25, 0.3) is 5.69 Å². The fraction of sp³-hybridized carbons (Fsp3) is 0.211. The minimum atomic E-state index is -0.649. The maximum Gasteiger partial charge on any atom is 0.293 e. The summed E-state index contributed by atoms with van der Waals surface area (Å²) in [6.07, 6.45) is 0. The summed E-state index contributed by atoms with van der Waals surface area (Å²) in [7, 11) is 1.82. The van der Waals surface area contributed by atoms with Crippen molar-refractivity contribution in [3.05, 3.63) is 75.6 Å². The number of hydrogen-bond donors (Lipinski definition) is 1. The molecule has 0 unspecified atom stereocenters. The van der Waals surface area contributed by atoms with Crippen LogP contribution in [0.4, 0.5) is 11.4 Å². The standard InChI is InChI=1S/C19H19N5O3S/c1-12-9-10-15(16(11-12)24(26)27)20-18(25)17(14-7-5-4-6-8-14)28-19-22-21-13(2)23(19)3/h4-11,17H,1-3H3,(H,20,25)/t17-/m1/s1. The molecule has 3 aromatic rings. The van der Waals surface area contributed by atoms with Crippen LogP contribution in [0.5, 0.6) is 0 Å². The Hall–Kier alpha value is -3.20. The number of hydrogen-bond acceptors (Lipinski definition) is 6. The van der Waals surface area contributed by atoms with E-state index in [1.54, 1.807) is 23.6 Å². The zero-order chi connectivity index (χ0) is 20.3. The van der Waals surface area contributed by atoms with Gasteiger partial charge >= 0.3 is 0 Å². The quantitative estimate of drug-likeness (QED) is 0.385. The molecule has 1 N–H and O–H groups in total. The maximum absolute atomic E-state index is 13.1. The van der Waals surface area contributed by atoms with E-state index in [1.165, 1.54) is 17.8 Å². The molecule has 9 heteroatoms. The van der Waals surface area contributed by atoms with Crippen LogP contribution in [0.2, 0.25) is 0 Å². The summed E-state index contributed by atoms with van der Waals surface area (Å²) in [6.45, 7) is 3.59. The number of nitrogens with one attached hydrogen (secondary N) is 1. The molecule has 0 aliphatic heterocycles. The molecule has 144 valence electrons. The second-order valence-corrected chi connectivity index (χ2v) is 7.34. The Labute approximate surface area is 166 Å². The number of aryl methyl sites for hydroxylation is 2. The molecule has 3 rings (SSSR count). The van der Waals surface area contributed by atoms with Crippen LogP contribution >= 0.6 is 11.8 Å². The molecule has 0 saturated carbocycles. The number of carbonyl (C=O) groups is 1. The maximum atomic E-state index is 13.1. The molecule has 0 spiro atoms. The van der Waals surface area contributed by atoms with Gasteiger partial charge in [0.2, 0.25) is 5.91 Å². The first-order valence-electron chi connectivity index (χ1n) is 8.50. The summed E-state index contributed by atoms with van der Waals surface area (Å²) in [5, 5.41) is 22.1. The SMILES string of the molecule is Cc1ccc(NC(=O)[C@H](Sc2nnc(C)n2C)c2ccccc2)c([N+](=O)[O-])c1. The highest BCUT2D eigenvalue weighted by molar-refractivity contribution is 8.00. The molecule has 8 nitrogen and oxygen atoms in total. The average molecular weight is 397 g/mol. The van der Waals surface area contributed by atoms with Crippen molar-refractivity contribution in [3.8, 4) is 0 Å². The Morgan fingerprint density at radius 3 is 2.50 bits per heavy atom. The molecule has 0 bridgehead atoms. The second kappa shape index (κ2) is 8.22. The molecule has 0 aliphatic carbocycles. The minimum Gasteiger partial charge on any atom is -0.319 e. The van der Waals surface area contributed by atoms with Crippen LogP contribution in [0.15, 0.2) is 53.7 Å². The van der Waals surface area contributed by atoms with Crippen LogP contribution in [0.3, 0.4) is 0 Å². The number of nitro benzene ring substituents is 1. The first kappa shape index (κ1) is 19.6. The summed E-state index contributed by atoms with van der Waals surface area (Å²) in [4.78, 5) is 23.9. The van der Waals surface area contributed by atoms with Crippen molar-refractivity contribution < 1.29 is 9.72 Å². The number of rotatable bonds is 6. The number of amides is 1. The van der Waals surface area contributed by atoms with Crippen molar-refractivity contribution >= 4 is 29.0 Å². The Balaban J connectivity index is 1.93. The lowest BCUT2D eigenvalue weighted by Crippen LogP contribution is -2.20. The lowest BCUT2D eigenvalue weighted by molar-refractivity contribution is -0.384. The fourth-order valence-electron chi connectivity index (χ4n) is 2.59. The Morgan fingerprint density at radius 1 is 1.18 bits per heavy atom. The smallest absolute Gasteiger partial charge is 0.293 e. The number of carbonyl (C=O) groups excluding carboxylic acids is 1. The Bertz CT molecular complexity index is 1020. The van der Waals surface area contributed by atoms with Gasteiger partial charge in [-0.3, -0.25) is 14.9 Å². The van der Waals surface area contributed by atoms with Crippen molar-refractivity contribution in [2.24, 2.45) is 7.05 Å². The van der Waals surface area contributed by atoms with E-state index in [0.717, 1.165) is 17.0 Å². The van der Waals surface area contributed by atoms with Gasteiger partial charge in [-0.1, -0.05) is 48.2 Å². The number of benzene rings is 2. The summed E-state index contributed by atoms with van der Waals surface area (Å²) in [5.41, 5.74) is 1.53. The van der Waals surface area contributed by atoms with Crippen molar-refractivity contribution in [2.75, 3.05) is 5.32 Å². The van der Waals surface area contributed by atoms with E-state index in [9.17, 15) is 14.9 Å². The molecule has 1 atom stereocenters. The lowest BCUT2D eigenvalue weighted by Gasteiger charge is -2.16. The van der Waals surface area contributed by atoms with Gasteiger partial charge < -0.3 is 9.88 Å². The van der Waals surface area contributed by atoms with Crippen LogP contribution < -0.4 is 5.32 Å². The molecule has 1 amide bonds. The van der Waals surface area contributed by atoms with E-state index >= 15 is 0 Å². The van der Waals surface area contributed by atoms with Gasteiger partial charge in [-0.25, -0.2) is 0 Å². The number of nitro groups is 1. The van der Waals surface area contributed by atoms with Crippen LogP contribution in [0.1, 0.15) is 22.2 Å². The number of nitrogens with zero attached hydrogens (tertiary/aromatic N) is 4. The zero-order valence-electron chi connectivity index (χ0n) is 15.6. The van der Waals surface area contributed by atoms with Crippen LogP contribution in [-0.2, 0) is 11.8 Å². The number of aromatic nitrogens is 3. The lowest BCUT2D eigenvalue weighted by atomic mass is 10.1. The monoisotopic (exact) mass is 397 g/mol. The van der Waals surface area contributed by atoms with Crippen molar-refractivity contribution in [2.45, 2.75) is 24.3 Å². The third kappa shape index (κ3) is 4.20. The van der Waals surface area contributed by atoms with Crippen molar-refractivity contribution in [1.29, 1.82) is 0 Å². The van der Waals surface area contributed by atoms with Crippen molar-refractivity contribution in [3.63, 3.8) is 0 Å². The van der Waals surface area contributed by atoms with Gasteiger partial charge in [-0.15, -0.1) is 10.2 Å². The third-order valence-electron chi connectivity index (χ3n) is 4.22. The van der Waals surface area contributed by atoms with Gasteiger partial charge in [0.15, 0.2) is 5.16 Å². The van der Waals surface area contributed by atoms with E-state index in [4.69, 9.17) is 0 Å². The molecular formula is C19H19N5O3S. The molecule has 2 aromatic carbocycles. The van der Waals surface area contributed by atoms with Crippen molar-refractivity contribution in [1.82, 2.24) is 14.8 Å². The molecule has 1 heterocycles. The molecule has 0 radical (unpaired) electrons. The molecule has 0 fully saturated rings. The first-order valence-corrected chi connectivity index (χ1v) is 9.38. The zero-order valence-corrected chi connectivity index (χ0v) is 16.4. The van der Waals surface area contributed by atoms with Gasteiger partial charge in [-0.05, 0) is 31.0 Å². The molecule has 28 heavy (non-hydrogen) atoms. The van der Waals surface area contributed by atoms with E-state index in [0.29, 0.717) is 5.16 Å². The largest absolute Gasteiger partial charge is 0.319 e. The first-order chi connectivity index (χ1) is 13.4. The Kier molecular flexibility index (Phi) is 5.74. The highest BCUT2D eigenvalue weighted by Gasteiger charge is 2.26. The van der Waals surface area contributed by atoms with Crippen LogP contribution in [-0.4, -0.2) is 25.6 Å². The van der Waals surface area contributed by atoms with E-state index < -0.39 is 10.2 Å². The van der Waals surface area contributed by atoms with Crippen LogP contribution in [0, 0.1) is 24.0 Å². The average Bonchev–Trinajstić information content (AvgIpc) is 2.99. The highest BCUT2D eigenvalue weighted by atomic mass is 32.2. The summed E-state index contributed by atoms with van der Waals surface area (Å²) >= 11 is 1.24. The predicted octanol–water partition coefficient (Wildman–Crippen LogP) is 3.81. The number of anilines is 1.